The first-order valence-electron chi connectivity index (χ1n) is 7.04. The normalized spacial score (nSPS) is 11.8. The lowest BCUT2D eigenvalue weighted by Crippen LogP contribution is -2.37. The lowest BCUT2D eigenvalue weighted by Gasteiger charge is -2.25. The van der Waals surface area contributed by atoms with Crippen molar-refractivity contribution in [3.63, 3.8) is 0 Å². The second-order valence-corrected chi connectivity index (χ2v) is 6.09. The fraction of sp³-hybridized carbons (Fsp3) is 0.118. The minimum atomic E-state index is -0.555. The van der Waals surface area contributed by atoms with E-state index in [0.717, 1.165) is 15.8 Å². The molecule has 0 unspecified atom stereocenters. The molecule has 1 aromatic heterocycles. The van der Waals surface area contributed by atoms with E-state index in [2.05, 4.69) is 11.1 Å². The number of thiazole rings is 1. The molecule has 3 rings (SSSR count). The molecule has 2 aromatic carbocycles. The van der Waals surface area contributed by atoms with Crippen molar-refractivity contribution in [1.82, 2.24) is 4.98 Å². The molecule has 0 radical (unpaired) electrons. The Balaban J connectivity index is 2.05. The van der Waals surface area contributed by atoms with Crippen LogP contribution in [0.2, 0.25) is 0 Å². The number of fused-ring (bicyclic) bond motifs is 1. The smallest absolute Gasteiger partial charge is 0.321 e. The number of amides is 2. The van der Waals surface area contributed by atoms with E-state index in [0.29, 0.717) is 10.7 Å². The van der Waals surface area contributed by atoms with Crippen LogP contribution in [0, 0.1) is 11.3 Å². The van der Waals surface area contributed by atoms with Gasteiger partial charge in [-0.05, 0) is 30.7 Å². The number of urea groups is 1. The predicted octanol–water partition coefficient (Wildman–Crippen LogP) is 3.81. The Morgan fingerprint density at radius 2 is 2.04 bits per heavy atom. The van der Waals surface area contributed by atoms with Crippen molar-refractivity contribution in [3.8, 4) is 6.07 Å². The molecule has 0 saturated carbocycles. The number of hydrogen-bond acceptors (Lipinski definition) is 4. The Hall–Kier alpha value is -2.91. The Labute approximate surface area is 137 Å². The van der Waals surface area contributed by atoms with Gasteiger partial charge in [0.25, 0.3) is 0 Å². The quantitative estimate of drug-likeness (QED) is 0.795. The first-order chi connectivity index (χ1) is 11.1. The summed E-state index contributed by atoms with van der Waals surface area (Å²) in [7, 11) is 0. The van der Waals surface area contributed by atoms with Crippen molar-refractivity contribution in [2.24, 2.45) is 5.73 Å². The van der Waals surface area contributed by atoms with E-state index in [1.807, 2.05) is 37.3 Å². The summed E-state index contributed by atoms with van der Waals surface area (Å²) in [5.74, 6) is 0. The molecule has 0 aliphatic rings. The fourth-order valence-corrected chi connectivity index (χ4v) is 3.51. The van der Waals surface area contributed by atoms with Crippen molar-refractivity contribution in [3.05, 3.63) is 59.7 Å². The van der Waals surface area contributed by atoms with Crippen LogP contribution in [0.5, 0.6) is 0 Å². The number of aromatic nitrogens is 1. The van der Waals surface area contributed by atoms with Crippen LogP contribution in [-0.4, -0.2) is 11.0 Å². The molecule has 6 heteroatoms. The van der Waals surface area contributed by atoms with Crippen LogP contribution < -0.4 is 10.6 Å². The number of anilines is 1. The predicted molar refractivity (Wildman–Crippen MR) is 91.3 cm³/mol. The Bertz CT molecular complexity index is 898. The van der Waals surface area contributed by atoms with Gasteiger partial charge in [0.1, 0.15) is 0 Å². The van der Waals surface area contributed by atoms with Gasteiger partial charge in [0.05, 0.1) is 27.9 Å². The molecule has 1 heterocycles. The van der Waals surface area contributed by atoms with Crippen LogP contribution in [0.1, 0.15) is 24.1 Å². The first-order valence-corrected chi connectivity index (χ1v) is 7.86. The van der Waals surface area contributed by atoms with Gasteiger partial charge in [-0.3, -0.25) is 4.90 Å². The number of nitrogens with zero attached hydrogens (tertiary/aromatic N) is 3. The molecule has 0 bridgehead atoms. The SMILES string of the molecule is C[C@H](c1ccccc1)N(C(N)=O)c1nc2ccc(C#N)cc2s1. The highest BCUT2D eigenvalue weighted by molar-refractivity contribution is 7.22. The summed E-state index contributed by atoms with van der Waals surface area (Å²) in [6.45, 7) is 1.91. The topological polar surface area (TPSA) is 83.0 Å². The summed E-state index contributed by atoms with van der Waals surface area (Å²) >= 11 is 1.35. The van der Waals surface area contributed by atoms with Gasteiger partial charge in [-0.25, -0.2) is 9.78 Å². The number of benzene rings is 2. The molecule has 2 N–H and O–H groups in total. The van der Waals surface area contributed by atoms with Crippen molar-refractivity contribution in [2.75, 3.05) is 4.90 Å². The molecular weight excluding hydrogens is 308 g/mol. The van der Waals surface area contributed by atoms with Gasteiger partial charge >= 0.3 is 6.03 Å². The minimum Gasteiger partial charge on any atom is -0.351 e. The number of nitrogens with two attached hydrogens (primary N) is 1. The zero-order valence-electron chi connectivity index (χ0n) is 12.4. The summed E-state index contributed by atoms with van der Waals surface area (Å²) in [6.07, 6.45) is 0. The van der Waals surface area contributed by atoms with Crippen molar-refractivity contribution in [2.45, 2.75) is 13.0 Å². The van der Waals surface area contributed by atoms with Gasteiger partial charge in [-0.2, -0.15) is 5.26 Å². The molecule has 2 amide bonds. The number of nitriles is 1. The third-order valence-electron chi connectivity index (χ3n) is 3.62. The Kier molecular flexibility index (Phi) is 3.96. The van der Waals surface area contributed by atoms with Crippen molar-refractivity contribution in [1.29, 1.82) is 5.26 Å². The van der Waals surface area contributed by atoms with Crippen molar-refractivity contribution >= 4 is 32.7 Å². The van der Waals surface area contributed by atoms with Crippen LogP contribution in [0.3, 0.4) is 0 Å². The summed E-state index contributed by atoms with van der Waals surface area (Å²) in [5, 5.41) is 9.51. The monoisotopic (exact) mass is 322 g/mol. The van der Waals surface area contributed by atoms with E-state index < -0.39 is 6.03 Å². The van der Waals surface area contributed by atoms with Gasteiger partial charge in [0.2, 0.25) is 0 Å². The maximum atomic E-state index is 12.0. The van der Waals surface area contributed by atoms with Crippen LogP contribution >= 0.6 is 11.3 Å². The first kappa shape index (κ1) is 15.0. The molecule has 5 nitrogen and oxygen atoms in total. The van der Waals surface area contributed by atoms with Gasteiger partial charge in [0, 0.05) is 0 Å². The highest BCUT2D eigenvalue weighted by atomic mass is 32.1. The number of hydrogen-bond donors (Lipinski definition) is 1. The van der Waals surface area contributed by atoms with E-state index in [1.165, 1.54) is 16.2 Å². The molecule has 0 aliphatic carbocycles. The third-order valence-corrected chi connectivity index (χ3v) is 4.64. The standard InChI is InChI=1S/C17H14N4OS/c1-11(13-5-3-2-4-6-13)21(16(19)22)17-20-14-8-7-12(10-18)9-15(14)23-17/h2-9,11H,1H3,(H2,19,22)/t11-/m1/s1. The average Bonchev–Trinajstić information content (AvgIpc) is 2.97. The summed E-state index contributed by atoms with van der Waals surface area (Å²) in [6, 6.07) is 16.2. The summed E-state index contributed by atoms with van der Waals surface area (Å²) in [5.41, 5.74) is 7.87. The molecule has 0 aliphatic heterocycles. The van der Waals surface area contributed by atoms with Crippen LogP contribution in [0.25, 0.3) is 10.2 Å². The van der Waals surface area contributed by atoms with E-state index in [9.17, 15) is 4.79 Å². The second kappa shape index (κ2) is 6.07. The number of primary amides is 1. The molecular formula is C17H14N4OS. The number of carbonyl (C=O) groups is 1. The van der Waals surface area contributed by atoms with E-state index in [4.69, 9.17) is 11.0 Å². The molecule has 0 fully saturated rings. The average molecular weight is 322 g/mol. The van der Waals surface area contributed by atoms with E-state index in [-0.39, 0.29) is 6.04 Å². The maximum Gasteiger partial charge on any atom is 0.321 e. The van der Waals surface area contributed by atoms with E-state index >= 15 is 0 Å². The Morgan fingerprint density at radius 1 is 1.30 bits per heavy atom. The summed E-state index contributed by atoms with van der Waals surface area (Å²) < 4.78 is 0.852. The number of rotatable bonds is 3. The lowest BCUT2D eigenvalue weighted by molar-refractivity contribution is 0.252. The second-order valence-electron chi connectivity index (χ2n) is 5.09. The lowest BCUT2D eigenvalue weighted by atomic mass is 10.1. The fourth-order valence-electron chi connectivity index (χ4n) is 2.42. The van der Waals surface area contributed by atoms with Crippen LogP contribution in [0.4, 0.5) is 9.93 Å². The highest BCUT2D eigenvalue weighted by Crippen LogP contribution is 2.34. The van der Waals surface area contributed by atoms with Gasteiger partial charge in [-0.15, -0.1) is 0 Å². The molecule has 1 atom stereocenters. The molecule has 3 aromatic rings. The zero-order chi connectivity index (χ0) is 16.4. The molecule has 23 heavy (non-hydrogen) atoms. The third kappa shape index (κ3) is 2.87. The van der Waals surface area contributed by atoms with Crippen LogP contribution in [-0.2, 0) is 0 Å². The van der Waals surface area contributed by atoms with Crippen molar-refractivity contribution < 1.29 is 4.79 Å². The largest absolute Gasteiger partial charge is 0.351 e. The Morgan fingerprint density at radius 3 is 2.70 bits per heavy atom. The number of carbonyl (C=O) groups excluding carboxylic acids is 1. The minimum absolute atomic E-state index is 0.232. The van der Waals surface area contributed by atoms with Gasteiger partial charge in [-0.1, -0.05) is 41.7 Å². The maximum absolute atomic E-state index is 12.0. The highest BCUT2D eigenvalue weighted by Gasteiger charge is 2.24. The van der Waals surface area contributed by atoms with Gasteiger partial charge in [0.15, 0.2) is 5.13 Å². The molecule has 0 saturated heterocycles. The van der Waals surface area contributed by atoms with E-state index in [1.54, 1.807) is 18.2 Å². The molecule has 114 valence electrons. The summed E-state index contributed by atoms with van der Waals surface area (Å²) in [4.78, 5) is 17.9. The van der Waals surface area contributed by atoms with Gasteiger partial charge < -0.3 is 5.73 Å². The van der Waals surface area contributed by atoms with Crippen LogP contribution in [0.15, 0.2) is 48.5 Å². The zero-order valence-corrected chi connectivity index (χ0v) is 13.2. The molecule has 0 spiro atoms.